The molecule has 1 saturated heterocycles. The Labute approximate surface area is 109 Å². The van der Waals surface area contributed by atoms with E-state index in [0.717, 1.165) is 0 Å². The molecule has 0 N–H and O–H groups in total. The van der Waals surface area contributed by atoms with Crippen molar-refractivity contribution in [1.29, 1.82) is 0 Å². The predicted molar refractivity (Wildman–Crippen MR) is 71.7 cm³/mol. The van der Waals surface area contributed by atoms with Gasteiger partial charge in [0.2, 0.25) is 0 Å². The van der Waals surface area contributed by atoms with Gasteiger partial charge in [-0.05, 0) is 32.9 Å². The van der Waals surface area contributed by atoms with Crippen LogP contribution in [0.3, 0.4) is 0 Å². The molecule has 1 aliphatic rings. The second-order valence-electron chi connectivity index (χ2n) is 4.80. The Morgan fingerprint density at radius 3 is 2.22 bits per heavy atom. The SMILES string of the molecule is CC.Cc1ccc(OC2CC(C)(C)OC2=O)cc1. The Morgan fingerprint density at radius 1 is 1.22 bits per heavy atom. The van der Waals surface area contributed by atoms with Gasteiger partial charge >= 0.3 is 5.97 Å². The fourth-order valence-electron chi connectivity index (χ4n) is 1.78. The Morgan fingerprint density at radius 2 is 1.78 bits per heavy atom. The monoisotopic (exact) mass is 250 g/mol. The number of esters is 1. The van der Waals surface area contributed by atoms with Crippen molar-refractivity contribution in [2.75, 3.05) is 0 Å². The van der Waals surface area contributed by atoms with Crippen molar-refractivity contribution in [3.8, 4) is 5.75 Å². The minimum absolute atomic E-state index is 0.273. The van der Waals surface area contributed by atoms with Crippen molar-refractivity contribution < 1.29 is 14.3 Å². The van der Waals surface area contributed by atoms with E-state index >= 15 is 0 Å². The van der Waals surface area contributed by atoms with Crippen LogP contribution >= 0.6 is 0 Å². The Bertz CT molecular complexity index is 393. The number of carbonyl (C=O) groups excluding carboxylic acids is 1. The van der Waals surface area contributed by atoms with Crippen LogP contribution in [0.2, 0.25) is 0 Å². The highest BCUT2D eigenvalue weighted by Crippen LogP contribution is 2.28. The van der Waals surface area contributed by atoms with Crippen molar-refractivity contribution in [3.63, 3.8) is 0 Å². The summed E-state index contributed by atoms with van der Waals surface area (Å²) in [6.45, 7) is 9.80. The standard InChI is InChI=1S/C13H16O3.C2H6/c1-9-4-6-10(7-5-9)15-11-8-13(2,3)16-12(11)14;1-2/h4-7,11H,8H2,1-3H3;1-2H3. The zero-order chi connectivity index (χ0) is 13.8. The molecule has 1 fully saturated rings. The lowest BCUT2D eigenvalue weighted by Gasteiger charge is -2.14. The maximum atomic E-state index is 11.5. The third-order valence-corrected chi connectivity index (χ3v) is 2.62. The molecule has 0 spiro atoms. The van der Waals surface area contributed by atoms with Crippen LogP contribution in [-0.4, -0.2) is 17.7 Å². The first-order valence-electron chi connectivity index (χ1n) is 6.42. The van der Waals surface area contributed by atoms with E-state index in [-0.39, 0.29) is 5.97 Å². The molecule has 18 heavy (non-hydrogen) atoms. The van der Waals surface area contributed by atoms with E-state index < -0.39 is 11.7 Å². The molecule has 0 radical (unpaired) electrons. The fraction of sp³-hybridized carbons (Fsp3) is 0.533. The molecule has 1 aromatic carbocycles. The molecule has 1 aromatic rings. The first-order chi connectivity index (χ1) is 8.46. The molecule has 1 atom stereocenters. The average Bonchev–Trinajstić information content (AvgIpc) is 2.58. The molecule has 3 nitrogen and oxygen atoms in total. The summed E-state index contributed by atoms with van der Waals surface area (Å²) in [4.78, 5) is 11.5. The number of aryl methyl sites for hydroxylation is 1. The quantitative estimate of drug-likeness (QED) is 0.754. The first-order valence-corrected chi connectivity index (χ1v) is 6.42. The summed E-state index contributed by atoms with van der Waals surface area (Å²) >= 11 is 0. The van der Waals surface area contributed by atoms with Gasteiger partial charge in [0.1, 0.15) is 11.4 Å². The molecule has 3 heteroatoms. The van der Waals surface area contributed by atoms with E-state index in [9.17, 15) is 4.79 Å². The molecule has 100 valence electrons. The molecule has 0 saturated carbocycles. The molecule has 0 aromatic heterocycles. The summed E-state index contributed by atoms with van der Waals surface area (Å²) in [7, 11) is 0. The summed E-state index contributed by atoms with van der Waals surface area (Å²) in [5.74, 6) is 0.441. The zero-order valence-corrected chi connectivity index (χ0v) is 11.8. The summed E-state index contributed by atoms with van der Waals surface area (Å²) in [5.41, 5.74) is 0.758. The van der Waals surface area contributed by atoms with Crippen LogP contribution in [0, 0.1) is 6.92 Å². The van der Waals surface area contributed by atoms with Crippen LogP contribution in [0.15, 0.2) is 24.3 Å². The van der Waals surface area contributed by atoms with Crippen LogP contribution in [-0.2, 0) is 9.53 Å². The van der Waals surface area contributed by atoms with Gasteiger partial charge in [0.05, 0.1) is 0 Å². The van der Waals surface area contributed by atoms with E-state index in [1.54, 1.807) is 0 Å². The zero-order valence-electron chi connectivity index (χ0n) is 11.8. The molecule has 1 heterocycles. The Kier molecular flexibility index (Phi) is 4.76. The number of benzene rings is 1. The van der Waals surface area contributed by atoms with Gasteiger partial charge in [-0.2, -0.15) is 0 Å². The Hall–Kier alpha value is -1.51. The normalized spacial score (nSPS) is 20.7. The van der Waals surface area contributed by atoms with Gasteiger partial charge < -0.3 is 9.47 Å². The van der Waals surface area contributed by atoms with E-state index in [1.165, 1.54) is 5.56 Å². The molecule has 0 amide bonds. The van der Waals surface area contributed by atoms with E-state index in [1.807, 2.05) is 58.9 Å². The topological polar surface area (TPSA) is 35.5 Å². The number of rotatable bonds is 2. The van der Waals surface area contributed by atoms with Gasteiger partial charge in [-0.15, -0.1) is 0 Å². The van der Waals surface area contributed by atoms with Crippen molar-refractivity contribution >= 4 is 5.97 Å². The largest absolute Gasteiger partial charge is 0.479 e. The molecule has 1 aliphatic heterocycles. The highest BCUT2D eigenvalue weighted by atomic mass is 16.6. The summed E-state index contributed by atoms with van der Waals surface area (Å²) < 4.78 is 10.8. The van der Waals surface area contributed by atoms with Gasteiger partial charge in [0, 0.05) is 6.42 Å². The molecular formula is C15H22O3. The van der Waals surface area contributed by atoms with Gasteiger partial charge in [-0.25, -0.2) is 4.79 Å². The van der Waals surface area contributed by atoms with Crippen LogP contribution in [0.1, 0.15) is 39.7 Å². The van der Waals surface area contributed by atoms with Crippen molar-refractivity contribution in [2.45, 2.75) is 52.7 Å². The van der Waals surface area contributed by atoms with Crippen LogP contribution in [0.25, 0.3) is 0 Å². The molecule has 1 unspecified atom stereocenters. The molecule has 2 rings (SSSR count). The maximum Gasteiger partial charge on any atom is 0.348 e. The summed E-state index contributed by atoms with van der Waals surface area (Å²) in [6.07, 6.45) is 0.123. The van der Waals surface area contributed by atoms with Gasteiger partial charge in [0.25, 0.3) is 0 Å². The highest BCUT2D eigenvalue weighted by molar-refractivity contribution is 5.77. The second-order valence-corrected chi connectivity index (χ2v) is 4.80. The Balaban J connectivity index is 0.000000771. The van der Waals surface area contributed by atoms with Crippen LogP contribution in [0.4, 0.5) is 0 Å². The van der Waals surface area contributed by atoms with E-state index in [2.05, 4.69) is 0 Å². The lowest BCUT2D eigenvalue weighted by Crippen LogP contribution is -2.22. The number of carbonyl (C=O) groups is 1. The first kappa shape index (κ1) is 14.6. The van der Waals surface area contributed by atoms with Gasteiger partial charge in [-0.3, -0.25) is 0 Å². The minimum Gasteiger partial charge on any atom is -0.479 e. The smallest absolute Gasteiger partial charge is 0.348 e. The van der Waals surface area contributed by atoms with Gasteiger partial charge in [0.15, 0.2) is 6.10 Å². The maximum absolute atomic E-state index is 11.5. The molecule has 0 bridgehead atoms. The lowest BCUT2D eigenvalue weighted by molar-refractivity contribution is -0.150. The van der Waals surface area contributed by atoms with Gasteiger partial charge in [-0.1, -0.05) is 31.5 Å². The molecular weight excluding hydrogens is 228 g/mol. The van der Waals surface area contributed by atoms with Crippen molar-refractivity contribution in [1.82, 2.24) is 0 Å². The van der Waals surface area contributed by atoms with Crippen molar-refractivity contribution in [2.24, 2.45) is 0 Å². The number of ether oxygens (including phenoxy) is 2. The van der Waals surface area contributed by atoms with Crippen LogP contribution < -0.4 is 4.74 Å². The highest BCUT2D eigenvalue weighted by Gasteiger charge is 2.41. The third-order valence-electron chi connectivity index (χ3n) is 2.62. The second kappa shape index (κ2) is 5.89. The lowest BCUT2D eigenvalue weighted by atomic mass is 10.0. The van der Waals surface area contributed by atoms with E-state index in [4.69, 9.17) is 9.47 Å². The summed E-state index contributed by atoms with van der Waals surface area (Å²) in [5, 5.41) is 0. The fourth-order valence-corrected chi connectivity index (χ4v) is 1.78. The minimum atomic E-state index is -0.474. The van der Waals surface area contributed by atoms with E-state index in [0.29, 0.717) is 12.2 Å². The number of cyclic esters (lactones) is 1. The number of hydrogen-bond acceptors (Lipinski definition) is 3. The average molecular weight is 250 g/mol. The third kappa shape index (κ3) is 3.76. The molecule has 0 aliphatic carbocycles. The van der Waals surface area contributed by atoms with Crippen molar-refractivity contribution in [3.05, 3.63) is 29.8 Å². The van der Waals surface area contributed by atoms with Crippen LogP contribution in [0.5, 0.6) is 5.75 Å². The number of hydrogen-bond donors (Lipinski definition) is 0. The predicted octanol–water partition coefficient (Wildman–Crippen LogP) is 3.49. The summed E-state index contributed by atoms with van der Waals surface area (Å²) in [6, 6.07) is 7.66.